The third kappa shape index (κ3) is 7.53. The predicted molar refractivity (Wildman–Crippen MR) is 127 cm³/mol. The summed E-state index contributed by atoms with van der Waals surface area (Å²) in [5.41, 5.74) is 1.99. The van der Waals surface area contributed by atoms with Crippen molar-refractivity contribution in [3.05, 3.63) is 81.8 Å². The zero-order chi connectivity index (χ0) is 25.6. The summed E-state index contributed by atoms with van der Waals surface area (Å²) in [5, 5.41) is 5.29. The second-order valence-electron chi connectivity index (χ2n) is 7.24. The second-order valence-corrected chi connectivity index (χ2v) is 8.05. The molecule has 0 spiro atoms. The van der Waals surface area contributed by atoms with Gasteiger partial charge in [0, 0.05) is 23.4 Å². The van der Waals surface area contributed by atoms with Crippen molar-refractivity contribution in [3.63, 3.8) is 0 Å². The molecule has 0 radical (unpaired) electrons. The van der Waals surface area contributed by atoms with Gasteiger partial charge >= 0.3 is 18.4 Å². The van der Waals surface area contributed by atoms with Crippen LogP contribution in [-0.4, -0.2) is 25.5 Å². The SMILES string of the molecule is COC(=O)Cc1ccc(CNC(=O)Nc2cc(Cl)c(-c3ccccc3OC(F)(F)F)c(Cl)c2)cc1. The Hall–Kier alpha value is -3.43. The Morgan fingerprint density at radius 3 is 2.14 bits per heavy atom. The van der Waals surface area contributed by atoms with E-state index < -0.39 is 18.1 Å². The fourth-order valence-electron chi connectivity index (χ4n) is 3.16. The second kappa shape index (κ2) is 11.3. The van der Waals surface area contributed by atoms with Crippen LogP contribution >= 0.6 is 23.2 Å². The van der Waals surface area contributed by atoms with Crippen LogP contribution in [0.4, 0.5) is 23.7 Å². The van der Waals surface area contributed by atoms with Crippen molar-refractivity contribution >= 4 is 40.9 Å². The van der Waals surface area contributed by atoms with E-state index in [2.05, 4.69) is 20.1 Å². The van der Waals surface area contributed by atoms with E-state index in [4.69, 9.17) is 23.2 Å². The minimum atomic E-state index is -4.89. The van der Waals surface area contributed by atoms with E-state index >= 15 is 0 Å². The normalized spacial score (nSPS) is 11.0. The monoisotopic (exact) mass is 526 g/mol. The molecule has 3 aromatic carbocycles. The van der Waals surface area contributed by atoms with Crippen molar-refractivity contribution in [2.75, 3.05) is 12.4 Å². The first-order valence-electron chi connectivity index (χ1n) is 10.1. The average Bonchev–Trinajstić information content (AvgIpc) is 2.78. The molecule has 6 nitrogen and oxygen atoms in total. The van der Waals surface area contributed by atoms with Gasteiger partial charge < -0.3 is 20.1 Å². The van der Waals surface area contributed by atoms with Gasteiger partial charge in [-0.15, -0.1) is 13.2 Å². The van der Waals surface area contributed by atoms with Crippen molar-refractivity contribution in [2.45, 2.75) is 19.3 Å². The van der Waals surface area contributed by atoms with Gasteiger partial charge in [-0.25, -0.2) is 4.79 Å². The largest absolute Gasteiger partial charge is 0.573 e. The van der Waals surface area contributed by atoms with E-state index in [1.165, 1.54) is 37.4 Å². The lowest BCUT2D eigenvalue weighted by atomic mass is 10.0. The molecule has 184 valence electrons. The highest BCUT2D eigenvalue weighted by molar-refractivity contribution is 6.40. The third-order valence-electron chi connectivity index (χ3n) is 4.73. The molecule has 0 heterocycles. The number of ether oxygens (including phenoxy) is 2. The molecule has 0 saturated heterocycles. The number of carbonyl (C=O) groups is 2. The Labute approximate surface area is 208 Å². The third-order valence-corrected chi connectivity index (χ3v) is 5.33. The molecular formula is C24H19Cl2F3N2O4. The smallest absolute Gasteiger partial charge is 0.469 e. The standard InChI is InChI=1S/C24H19Cl2F3N2O4/c1-34-21(32)10-14-6-8-15(9-7-14)13-30-23(33)31-16-11-18(25)22(19(26)12-16)17-4-2-3-5-20(17)35-24(27,28)29/h2-9,11-12H,10,13H2,1H3,(H2,30,31,33). The van der Waals surface area contributed by atoms with Crippen LogP contribution < -0.4 is 15.4 Å². The topological polar surface area (TPSA) is 76.7 Å². The Balaban J connectivity index is 1.67. The summed E-state index contributed by atoms with van der Waals surface area (Å²) in [6.45, 7) is 0.200. The van der Waals surface area contributed by atoms with Crippen molar-refractivity contribution in [1.82, 2.24) is 5.32 Å². The summed E-state index contributed by atoms with van der Waals surface area (Å²) in [5.74, 6) is -0.810. The van der Waals surface area contributed by atoms with E-state index in [9.17, 15) is 22.8 Å². The van der Waals surface area contributed by atoms with Crippen LogP contribution in [0.25, 0.3) is 11.1 Å². The Morgan fingerprint density at radius 1 is 0.943 bits per heavy atom. The zero-order valence-corrected chi connectivity index (χ0v) is 19.7. The first kappa shape index (κ1) is 26.2. The number of benzene rings is 3. The summed E-state index contributed by atoms with van der Waals surface area (Å²) in [7, 11) is 1.31. The molecule has 0 saturated carbocycles. The Kier molecular flexibility index (Phi) is 8.48. The number of hydrogen-bond acceptors (Lipinski definition) is 4. The molecule has 0 unspecified atom stereocenters. The maximum atomic E-state index is 12.8. The number of amides is 2. The highest BCUT2D eigenvalue weighted by Crippen LogP contribution is 2.42. The van der Waals surface area contributed by atoms with Crippen LogP contribution in [-0.2, 0) is 22.5 Å². The molecule has 0 atom stereocenters. The zero-order valence-electron chi connectivity index (χ0n) is 18.2. The van der Waals surface area contributed by atoms with E-state index in [1.54, 1.807) is 24.3 Å². The summed E-state index contributed by atoms with van der Waals surface area (Å²) in [4.78, 5) is 23.6. The molecule has 0 aliphatic rings. The average molecular weight is 527 g/mol. The van der Waals surface area contributed by atoms with Crippen LogP contribution in [0.15, 0.2) is 60.7 Å². The van der Waals surface area contributed by atoms with E-state index in [0.717, 1.165) is 17.2 Å². The lowest BCUT2D eigenvalue weighted by Crippen LogP contribution is -2.28. The first-order valence-corrected chi connectivity index (χ1v) is 10.8. The van der Waals surface area contributed by atoms with Crippen LogP contribution in [0, 0.1) is 0 Å². The van der Waals surface area contributed by atoms with E-state index in [1.807, 2.05) is 0 Å². The lowest BCUT2D eigenvalue weighted by molar-refractivity contribution is -0.274. The van der Waals surface area contributed by atoms with Gasteiger partial charge in [0.05, 0.1) is 23.6 Å². The van der Waals surface area contributed by atoms with Crippen LogP contribution in [0.3, 0.4) is 0 Å². The fraction of sp³-hybridized carbons (Fsp3) is 0.167. The molecule has 0 aliphatic carbocycles. The van der Waals surface area contributed by atoms with Gasteiger partial charge in [0.15, 0.2) is 0 Å². The van der Waals surface area contributed by atoms with Crippen LogP contribution in [0.1, 0.15) is 11.1 Å². The van der Waals surface area contributed by atoms with Crippen LogP contribution in [0.5, 0.6) is 5.75 Å². The van der Waals surface area contributed by atoms with E-state index in [0.29, 0.717) is 0 Å². The number of carbonyl (C=O) groups excluding carboxylic acids is 2. The maximum absolute atomic E-state index is 12.8. The van der Waals surface area contributed by atoms with Crippen molar-refractivity contribution in [2.24, 2.45) is 0 Å². The number of urea groups is 1. The van der Waals surface area contributed by atoms with E-state index in [-0.39, 0.29) is 45.8 Å². The number of halogens is 5. The molecule has 11 heteroatoms. The van der Waals surface area contributed by atoms with Crippen molar-refractivity contribution in [1.29, 1.82) is 0 Å². The predicted octanol–water partition coefficient (Wildman–Crippen LogP) is 6.60. The van der Waals surface area contributed by atoms with Gasteiger partial charge in [0.25, 0.3) is 0 Å². The van der Waals surface area contributed by atoms with Gasteiger partial charge in [-0.2, -0.15) is 0 Å². The highest BCUT2D eigenvalue weighted by atomic mass is 35.5. The summed E-state index contributed by atoms with van der Waals surface area (Å²) in [6.07, 6.45) is -4.74. The molecule has 0 aromatic heterocycles. The number of nitrogens with one attached hydrogen (secondary N) is 2. The molecule has 0 aliphatic heterocycles. The summed E-state index contributed by atoms with van der Waals surface area (Å²) >= 11 is 12.6. The maximum Gasteiger partial charge on any atom is 0.573 e. The van der Waals surface area contributed by atoms with Gasteiger partial charge in [0.1, 0.15) is 5.75 Å². The number of methoxy groups -OCH3 is 1. The van der Waals surface area contributed by atoms with Gasteiger partial charge in [-0.05, 0) is 29.3 Å². The summed E-state index contributed by atoms with van der Waals surface area (Å²) < 4.78 is 47.0. The highest BCUT2D eigenvalue weighted by Gasteiger charge is 2.32. The number of anilines is 1. The molecule has 35 heavy (non-hydrogen) atoms. The number of esters is 1. The van der Waals surface area contributed by atoms with Crippen molar-refractivity contribution in [3.8, 4) is 16.9 Å². The molecular weight excluding hydrogens is 508 g/mol. The molecule has 3 aromatic rings. The Morgan fingerprint density at radius 2 is 1.54 bits per heavy atom. The Bertz CT molecular complexity index is 1200. The summed E-state index contributed by atoms with van der Waals surface area (Å²) in [6, 6.07) is 14.7. The number of alkyl halides is 3. The number of para-hydroxylation sites is 1. The van der Waals surface area contributed by atoms with Gasteiger partial charge in [0.2, 0.25) is 0 Å². The minimum absolute atomic E-state index is 0.0206. The minimum Gasteiger partial charge on any atom is -0.469 e. The van der Waals surface area contributed by atoms with Crippen LogP contribution in [0.2, 0.25) is 10.0 Å². The number of rotatable bonds is 7. The van der Waals surface area contributed by atoms with Crippen molar-refractivity contribution < 1.29 is 32.2 Å². The number of hydrogen-bond donors (Lipinski definition) is 2. The molecule has 2 N–H and O–H groups in total. The molecule has 3 rings (SSSR count). The molecule has 2 amide bonds. The van der Waals surface area contributed by atoms with Gasteiger partial charge in [-0.1, -0.05) is 65.7 Å². The molecule has 0 bridgehead atoms. The fourth-order valence-corrected chi connectivity index (χ4v) is 3.85. The quantitative estimate of drug-likeness (QED) is 0.340. The molecule has 0 fully saturated rings. The van der Waals surface area contributed by atoms with Gasteiger partial charge in [-0.3, -0.25) is 4.79 Å². The lowest BCUT2D eigenvalue weighted by Gasteiger charge is -2.16. The first-order chi connectivity index (χ1) is 16.6.